The summed E-state index contributed by atoms with van der Waals surface area (Å²) in [5, 5.41) is 22.9. The van der Waals surface area contributed by atoms with Crippen molar-refractivity contribution in [3.63, 3.8) is 0 Å². The summed E-state index contributed by atoms with van der Waals surface area (Å²) in [5.74, 6) is -3.29. The fraction of sp³-hybridized carbons (Fsp3) is 0.562. The molecule has 14 nitrogen and oxygen atoms in total. The van der Waals surface area contributed by atoms with Crippen LogP contribution in [0.3, 0.4) is 0 Å². The van der Waals surface area contributed by atoms with Crippen molar-refractivity contribution < 1.29 is 50.5 Å². The van der Waals surface area contributed by atoms with Gasteiger partial charge in [0.2, 0.25) is 5.36 Å². The van der Waals surface area contributed by atoms with Crippen molar-refractivity contribution >= 4 is 43.5 Å². The topological polar surface area (TPSA) is 220 Å². The van der Waals surface area contributed by atoms with E-state index >= 15 is 0 Å². The molecule has 0 radical (unpaired) electrons. The van der Waals surface area contributed by atoms with Gasteiger partial charge in [0, 0.05) is 67.3 Å². The van der Waals surface area contributed by atoms with Gasteiger partial charge in [-0.25, -0.2) is 9.57 Å². The smallest absolute Gasteiger partial charge is 0.303 e. The summed E-state index contributed by atoms with van der Waals surface area (Å²) in [6.45, 7) is 6.12. The van der Waals surface area contributed by atoms with E-state index in [4.69, 9.17) is 14.8 Å². The van der Waals surface area contributed by atoms with Gasteiger partial charge in [0.05, 0.1) is 24.0 Å². The number of ether oxygens (including phenoxy) is 1. The molecule has 5 rings (SSSR count). The van der Waals surface area contributed by atoms with E-state index in [2.05, 4.69) is 5.32 Å². The zero-order chi connectivity index (χ0) is 35.2. The first kappa shape index (κ1) is 35.7. The Bertz CT molecular complexity index is 1990. The monoisotopic (exact) mass is 708 g/mol. The number of anilines is 1. The highest BCUT2D eigenvalue weighted by atomic mass is 32.2. The second kappa shape index (κ2) is 13.0. The lowest BCUT2D eigenvalue weighted by Gasteiger charge is -2.39. The van der Waals surface area contributed by atoms with Gasteiger partial charge in [-0.05, 0) is 50.8 Å². The Morgan fingerprint density at radius 2 is 1.50 bits per heavy atom. The highest BCUT2D eigenvalue weighted by molar-refractivity contribution is 7.86. The van der Waals surface area contributed by atoms with Crippen molar-refractivity contribution in [1.29, 1.82) is 0 Å². The second-order valence-electron chi connectivity index (χ2n) is 14.1. The lowest BCUT2D eigenvalue weighted by molar-refractivity contribution is -0.138. The molecule has 0 saturated heterocycles. The minimum absolute atomic E-state index is 0.0192. The van der Waals surface area contributed by atoms with Gasteiger partial charge >= 0.3 is 11.9 Å². The Labute approximate surface area is 279 Å². The maximum Gasteiger partial charge on any atom is 0.303 e. The van der Waals surface area contributed by atoms with E-state index in [0.717, 1.165) is 0 Å². The number of carboxylic acid groups (broad SMARTS) is 2. The molecule has 0 aliphatic carbocycles. The average Bonchev–Trinajstić information content (AvgIpc) is 2.92. The van der Waals surface area contributed by atoms with Crippen LogP contribution in [0.4, 0.5) is 11.4 Å². The number of nitrogens with one attached hydrogen (secondary N) is 1. The molecular weight excluding hydrogens is 666 g/mol. The summed E-state index contributed by atoms with van der Waals surface area (Å²) >= 11 is 0. The number of benzene rings is 2. The summed E-state index contributed by atoms with van der Waals surface area (Å²) in [6, 6.07) is 6.94. The minimum atomic E-state index is -4.42. The molecule has 0 amide bonds. The van der Waals surface area contributed by atoms with Crippen molar-refractivity contribution in [2.75, 3.05) is 23.4 Å². The van der Waals surface area contributed by atoms with E-state index in [1.54, 1.807) is 24.3 Å². The van der Waals surface area contributed by atoms with Crippen LogP contribution in [0.5, 0.6) is 11.5 Å². The van der Waals surface area contributed by atoms with Gasteiger partial charge in [-0.2, -0.15) is 16.8 Å². The van der Waals surface area contributed by atoms with E-state index in [0.29, 0.717) is 89.8 Å². The predicted octanol–water partition coefficient (Wildman–Crippen LogP) is 3.44. The van der Waals surface area contributed by atoms with Gasteiger partial charge in [0.1, 0.15) is 17.6 Å². The lowest BCUT2D eigenvalue weighted by Crippen LogP contribution is -2.55. The van der Waals surface area contributed by atoms with Crippen molar-refractivity contribution in [1.82, 2.24) is 4.58 Å². The average molecular weight is 709 g/mol. The zero-order valence-electron chi connectivity index (χ0n) is 27.1. The molecule has 0 bridgehead atoms. The molecule has 0 saturated carbocycles. The van der Waals surface area contributed by atoms with Crippen molar-refractivity contribution in [2.24, 2.45) is 4.99 Å². The first-order valence-corrected chi connectivity index (χ1v) is 19.1. The number of hydrogen-bond donors (Lipinski definition) is 5. The number of carboxylic acids is 2. The van der Waals surface area contributed by atoms with Crippen LogP contribution >= 0.6 is 0 Å². The summed E-state index contributed by atoms with van der Waals surface area (Å²) in [7, 11) is -8.70. The van der Waals surface area contributed by atoms with Crippen LogP contribution < -0.4 is 25.3 Å². The van der Waals surface area contributed by atoms with Crippen molar-refractivity contribution in [3.8, 4) is 11.5 Å². The number of rotatable bonds is 13. The molecule has 0 spiro atoms. The van der Waals surface area contributed by atoms with Crippen LogP contribution in [0, 0.1) is 0 Å². The van der Waals surface area contributed by atoms with Crippen LogP contribution in [0.15, 0.2) is 29.3 Å². The summed E-state index contributed by atoms with van der Waals surface area (Å²) in [6.07, 6.45) is 2.36. The molecule has 2 aromatic carbocycles. The lowest BCUT2D eigenvalue weighted by atomic mass is 9.78. The molecule has 48 heavy (non-hydrogen) atoms. The molecule has 262 valence electrons. The Kier molecular flexibility index (Phi) is 9.69. The van der Waals surface area contributed by atoms with Gasteiger partial charge in [-0.3, -0.25) is 18.7 Å². The zero-order valence-corrected chi connectivity index (χ0v) is 28.7. The summed E-state index contributed by atoms with van der Waals surface area (Å²) < 4.78 is 76.3. The minimum Gasteiger partial charge on any atom is -0.481 e. The third kappa shape index (κ3) is 8.33. The fourth-order valence-corrected chi connectivity index (χ4v) is 9.15. The van der Waals surface area contributed by atoms with Crippen molar-refractivity contribution in [2.45, 2.75) is 95.1 Å². The number of aliphatic carboxylic acids is 2. The summed E-state index contributed by atoms with van der Waals surface area (Å²) in [5.41, 5.74) is 1.14. The molecule has 0 fully saturated rings. The van der Waals surface area contributed by atoms with E-state index < -0.39 is 66.6 Å². The number of nitrogens with zero attached hydrogens (tertiary/aromatic N) is 2. The molecule has 16 heteroatoms. The Hall–Kier alpha value is -3.60. The van der Waals surface area contributed by atoms with E-state index in [1.165, 1.54) is 0 Å². The molecule has 5 N–H and O–H groups in total. The number of carbonyl (C=O) groups is 2. The molecule has 3 aliphatic heterocycles. The van der Waals surface area contributed by atoms with Gasteiger partial charge in [-0.1, -0.05) is 0 Å². The van der Waals surface area contributed by atoms with E-state index in [-0.39, 0.29) is 12.8 Å². The number of unbranched alkanes of at least 4 members (excludes halogenated alkanes) is 1. The molecule has 3 atom stereocenters. The molecule has 2 aromatic rings. The molecule has 0 aromatic heterocycles. The van der Waals surface area contributed by atoms with E-state index in [1.807, 2.05) is 25.3 Å². The van der Waals surface area contributed by atoms with Crippen molar-refractivity contribution in [3.05, 3.63) is 46.1 Å². The molecular formula is C32H42N3O11S2+. The summed E-state index contributed by atoms with van der Waals surface area (Å²) in [4.78, 5) is 27.4. The third-order valence-corrected chi connectivity index (χ3v) is 11.0. The van der Waals surface area contributed by atoms with Crippen LogP contribution in [0.25, 0.3) is 0 Å². The Morgan fingerprint density at radius 3 is 2.12 bits per heavy atom. The highest BCUT2D eigenvalue weighted by Gasteiger charge is 2.45. The third-order valence-electron chi connectivity index (χ3n) is 9.39. The molecule has 3 unspecified atom stereocenters. The highest BCUT2D eigenvalue weighted by Crippen LogP contribution is 2.46. The van der Waals surface area contributed by atoms with Gasteiger partial charge in [-0.15, -0.1) is 0 Å². The number of fused-ring (bicyclic) bond motifs is 4. The maximum absolute atomic E-state index is 12.2. The number of hydrogen-bond acceptors (Lipinski definition) is 9. The van der Waals surface area contributed by atoms with Crippen LogP contribution in [-0.2, 0) is 29.8 Å². The quantitative estimate of drug-likeness (QED) is 0.0980. The largest absolute Gasteiger partial charge is 0.481 e. The van der Waals surface area contributed by atoms with Gasteiger partial charge < -0.3 is 20.3 Å². The second-order valence-corrected chi connectivity index (χ2v) is 17.0. The normalized spacial score (nSPS) is 22.6. The first-order chi connectivity index (χ1) is 22.2. The van der Waals surface area contributed by atoms with Crippen LogP contribution in [0.1, 0.15) is 95.1 Å². The Balaban J connectivity index is 1.67. The standard InChI is InChI=1S/C32H41N3O11S2/c1-31(2)15-19(17-47(40,41)42)21-11-24-27(13-23(21)34-31)46-28-14-26-22(12-25(28)33-24)20(18-48(43,44)45)16-32(3,9-5-4-7-29(36)37)35(26)10-6-8-30(38)39/h11-14,19-20H,4-10,15-18H2,1-3H3,(H4,36,37,38,39,40,41,42,43,44,45)/p+1. The molecule has 3 heterocycles. The van der Waals surface area contributed by atoms with Crippen LogP contribution in [-0.4, -0.2) is 77.2 Å². The van der Waals surface area contributed by atoms with E-state index in [9.17, 15) is 40.6 Å². The van der Waals surface area contributed by atoms with Crippen LogP contribution in [0.2, 0.25) is 0 Å². The van der Waals surface area contributed by atoms with Gasteiger partial charge in [0.25, 0.3) is 20.2 Å². The Morgan fingerprint density at radius 1 is 0.875 bits per heavy atom. The van der Waals surface area contributed by atoms with Gasteiger partial charge in [0.15, 0.2) is 17.0 Å². The predicted molar refractivity (Wildman–Crippen MR) is 176 cm³/mol. The fourth-order valence-electron chi connectivity index (χ4n) is 7.54. The SMILES string of the molecule is CC1(C)CC(CS(=O)(=O)O)c2cc3c(cc2N1)Oc1cc2c(cc1=N3)C(CS(=O)(=O)O)CC(C)(CCCCC(=O)O)[N+]=2CCCC(=O)O. The maximum atomic E-state index is 12.2. The first-order valence-electron chi connectivity index (χ1n) is 15.9. The molecule has 3 aliphatic rings.